The van der Waals surface area contributed by atoms with Crippen LogP contribution in [-0.4, -0.2) is 60.3 Å². The Kier molecular flexibility index (Phi) is 6.64. The predicted molar refractivity (Wildman–Crippen MR) is 97.5 cm³/mol. The molecule has 138 valence electrons. The molecule has 3 rings (SSSR count). The van der Waals surface area contributed by atoms with Crippen LogP contribution in [-0.2, 0) is 11.2 Å². The van der Waals surface area contributed by atoms with Crippen molar-refractivity contribution >= 4 is 6.03 Å². The number of rotatable bonds is 6. The highest BCUT2D eigenvalue weighted by molar-refractivity contribution is 5.74. The Bertz CT molecular complexity index is 525. The van der Waals surface area contributed by atoms with E-state index in [1.807, 2.05) is 19.3 Å². The number of amides is 2. The van der Waals surface area contributed by atoms with Crippen LogP contribution in [0.4, 0.5) is 4.79 Å². The lowest BCUT2D eigenvalue weighted by Crippen LogP contribution is -2.51. The van der Waals surface area contributed by atoms with E-state index in [1.165, 1.54) is 5.56 Å². The van der Waals surface area contributed by atoms with Gasteiger partial charge in [-0.25, -0.2) is 4.79 Å². The van der Waals surface area contributed by atoms with Gasteiger partial charge >= 0.3 is 6.03 Å². The molecule has 0 spiro atoms. The molecule has 0 unspecified atom stereocenters. The number of hydrogen-bond acceptors (Lipinski definition) is 4. The van der Waals surface area contributed by atoms with E-state index in [0.717, 1.165) is 58.3 Å². The van der Waals surface area contributed by atoms with Gasteiger partial charge in [-0.2, -0.15) is 0 Å². The average Bonchev–Trinajstić information content (AvgIpc) is 3.17. The molecule has 0 aliphatic carbocycles. The second-order valence-electron chi connectivity index (χ2n) is 7.18. The van der Waals surface area contributed by atoms with E-state index in [9.17, 15) is 4.79 Å². The van der Waals surface area contributed by atoms with E-state index in [-0.39, 0.29) is 24.2 Å². The van der Waals surface area contributed by atoms with Crippen LogP contribution in [0.2, 0.25) is 0 Å². The van der Waals surface area contributed by atoms with Crippen molar-refractivity contribution in [1.29, 1.82) is 0 Å². The fourth-order valence-corrected chi connectivity index (χ4v) is 3.66. The molecule has 2 atom stereocenters. The number of nitrogens with zero attached hydrogens (tertiary/aromatic N) is 2. The molecule has 2 aliphatic heterocycles. The first-order valence-electron chi connectivity index (χ1n) is 9.50. The zero-order valence-corrected chi connectivity index (χ0v) is 15.1. The number of carbonyl (C=O) groups is 1. The first kappa shape index (κ1) is 18.1. The van der Waals surface area contributed by atoms with Gasteiger partial charge in [-0.3, -0.25) is 4.98 Å². The highest BCUT2D eigenvalue weighted by Crippen LogP contribution is 2.15. The molecule has 0 radical (unpaired) electrons. The van der Waals surface area contributed by atoms with E-state index in [0.29, 0.717) is 0 Å². The summed E-state index contributed by atoms with van der Waals surface area (Å²) in [5.74, 6) is 0. The third-order valence-electron chi connectivity index (χ3n) is 5.27. The molecule has 0 saturated carbocycles. The fraction of sp³-hybridized carbons (Fsp3) is 0.684. The second kappa shape index (κ2) is 9.15. The van der Waals surface area contributed by atoms with E-state index in [1.54, 1.807) is 0 Å². The average molecular weight is 346 g/mol. The Labute approximate surface area is 150 Å². The van der Waals surface area contributed by atoms with Crippen molar-refractivity contribution in [3.8, 4) is 0 Å². The number of ether oxygens (including phenoxy) is 1. The van der Waals surface area contributed by atoms with Crippen LogP contribution in [0.3, 0.4) is 0 Å². The minimum absolute atomic E-state index is 0.0572. The SMILES string of the molecule is C[C@H](NC(=O)NC1CCN(CCc2ccncc2)CC1)[C@@H]1CCCO1. The molecule has 6 heteroatoms. The summed E-state index contributed by atoms with van der Waals surface area (Å²) in [6, 6.07) is 4.44. The predicted octanol–water partition coefficient (Wildman–Crippen LogP) is 1.96. The summed E-state index contributed by atoms with van der Waals surface area (Å²) >= 11 is 0. The molecule has 25 heavy (non-hydrogen) atoms. The third kappa shape index (κ3) is 5.68. The topological polar surface area (TPSA) is 66.5 Å². The van der Waals surface area contributed by atoms with E-state index >= 15 is 0 Å². The van der Waals surface area contributed by atoms with E-state index in [4.69, 9.17) is 4.74 Å². The van der Waals surface area contributed by atoms with Gasteiger partial charge in [0.2, 0.25) is 0 Å². The van der Waals surface area contributed by atoms with Gasteiger partial charge in [-0.05, 0) is 56.7 Å². The van der Waals surface area contributed by atoms with Gasteiger partial charge in [0, 0.05) is 44.7 Å². The minimum Gasteiger partial charge on any atom is -0.376 e. The molecule has 0 bridgehead atoms. The van der Waals surface area contributed by atoms with Crippen molar-refractivity contribution in [2.24, 2.45) is 0 Å². The number of carbonyl (C=O) groups excluding carboxylic acids is 1. The minimum atomic E-state index is -0.0572. The Hall–Kier alpha value is -1.66. The Morgan fingerprint density at radius 1 is 1.32 bits per heavy atom. The van der Waals surface area contributed by atoms with Crippen LogP contribution >= 0.6 is 0 Å². The fourth-order valence-electron chi connectivity index (χ4n) is 3.66. The van der Waals surface area contributed by atoms with Gasteiger partial charge in [0.05, 0.1) is 12.1 Å². The van der Waals surface area contributed by atoms with Crippen LogP contribution in [0.1, 0.15) is 38.2 Å². The summed E-state index contributed by atoms with van der Waals surface area (Å²) in [4.78, 5) is 18.7. The van der Waals surface area contributed by atoms with Crippen molar-refractivity contribution in [2.45, 2.75) is 57.2 Å². The molecule has 1 aromatic heterocycles. The zero-order valence-electron chi connectivity index (χ0n) is 15.1. The zero-order chi connectivity index (χ0) is 17.5. The maximum atomic E-state index is 12.2. The van der Waals surface area contributed by atoms with Crippen molar-refractivity contribution in [1.82, 2.24) is 20.5 Å². The van der Waals surface area contributed by atoms with Crippen LogP contribution in [0, 0.1) is 0 Å². The Balaban J connectivity index is 1.32. The largest absolute Gasteiger partial charge is 0.376 e. The summed E-state index contributed by atoms with van der Waals surface area (Å²) in [5, 5.41) is 6.16. The standard InChI is InChI=1S/C19H30N4O2/c1-15(18-3-2-14-25-18)21-19(24)22-17-7-12-23(13-8-17)11-6-16-4-9-20-10-5-16/h4-5,9-10,15,17-18H,2-3,6-8,11-14H2,1H3,(H2,21,22,24)/t15-,18-/m0/s1. The number of piperidine rings is 1. The summed E-state index contributed by atoms with van der Waals surface area (Å²) in [7, 11) is 0. The van der Waals surface area contributed by atoms with E-state index in [2.05, 4.69) is 32.7 Å². The van der Waals surface area contributed by atoms with Gasteiger partial charge in [0.1, 0.15) is 0 Å². The normalized spacial score (nSPS) is 23.3. The number of nitrogens with one attached hydrogen (secondary N) is 2. The lowest BCUT2D eigenvalue weighted by Gasteiger charge is -2.32. The van der Waals surface area contributed by atoms with Crippen molar-refractivity contribution in [3.63, 3.8) is 0 Å². The first-order valence-corrected chi connectivity index (χ1v) is 9.50. The van der Waals surface area contributed by atoms with Crippen LogP contribution < -0.4 is 10.6 Å². The molecule has 2 saturated heterocycles. The summed E-state index contributed by atoms with van der Waals surface area (Å²) in [6.07, 6.45) is 9.08. The monoisotopic (exact) mass is 346 g/mol. The molecule has 2 aliphatic rings. The molecular weight excluding hydrogens is 316 g/mol. The summed E-state index contributed by atoms with van der Waals surface area (Å²) in [6.45, 7) is 5.99. The molecule has 2 N–H and O–H groups in total. The first-order chi connectivity index (χ1) is 12.2. The molecular formula is C19H30N4O2. The van der Waals surface area contributed by atoms with Gasteiger partial charge in [0.25, 0.3) is 0 Å². The molecule has 6 nitrogen and oxygen atoms in total. The number of aromatic nitrogens is 1. The Morgan fingerprint density at radius 2 is 2.08 bits per heavy atom. The quantitative estimate of drug-likeness (QED) is 0.826. The Morgan fingerprint density at radius 3 is 2.76 bits per heavy atom. The van der Waals surface area contributed by atoms with Crippen molar-refractivity contribution in [2.75, 3.05) is 26.2 Å². The number of likely N-dealkylation sites (tertiary alicyclic amines) is 1. The number of hydrogen-bond donors (Lipinski definition) is 2. The highest BCUT2D eigenvalue weighted by atomic mass is 16.5. The van der Waals surface area contributed by atoms with Crippen LogP contribution in [0.25, 0.3) is 0 Å². The van der Waals surface area contributed by atoms with Crippen molar-refractivity contribution < 1.29 is 9.53 Å². The smallest absolute Gasteiger partial charge is 0.315 e. The molecule has 2 amide bonds. The molecule has 1 aromatic rings. The van der Waals surface area contributed by atoms with Crippen molar-refractivity contribution in [3.05, 3.63) is 30.1 Å². The second-order valence-corrected chi connectivity index (χ2v) is 7.18. The lowest BCUT2D eigenvalue weighted by molar-refractivity contribution is 0.0855. The summed E-state index contributed by atoms with van der Waals surface area (Å²) < 4.78 is 5.63. The molecule has 0 aromatic carbocycles. The highest BCUT2D eigenvalue weighted by Gasteiger charge is 2.25. The van der Waals surface area contributed by atoms with Gasteiger partial charge in [-0.15, -0.1) is 0 Å². The van der Waals surface area contributed by atoms with E-state index < -0.39 is 0 Å². The van der Waals surface area contributed by atoms with Gasteiger partial charge in [0.15, 0.2) is 0 Å². The van der Waals surface area contributed by atoms with Gasteiger partial charge < -0.3 is 20.3 Å². The van der Waals surface area contributed by atoms with Gasteiger partial charge in [-0.1, -0.05) is 0 Å². The molecule has 3 heterocycles. The van der Waals surface area contributed by atoms with Crippen LogP contribution in [0.15, 0.2) is 24.5 Å². The van der Waals surface area contributed by atoms with Crippen LogP contribution in [0.5, 0.6) is 0 Å². The number of pyridine rings is 1. The lowest BCUT2D eigenvalue weighted by atomic mass is 10.0. The maximum absolute atomic E-state index is 12.2. The molecule has 2 fully saturated rings. The summed E-state index contributed by atoms with van der Waals surface area (Å²) in [5.41, 5.74) is 1.33. The maximum Gasteiger partial charge on any atom is 0.315 e. The third-order valence-corrected chi connectivity index (χ3v) is 5.27. The number of urea groups is 1.